The van der Waals surface area contributed by atoms with Crippen LogP contribution < -0.4 is 16.0 Å². The smallest absolute Gasteiger partial charge is 0.317 e. The van der Waals surface area contributed by atoms with E-state index in [1.807, 2.05) is 12.4 Å². The maximum atomic E-state index is 13.7. The molecule has 29 heavy (non-hydrogen) atoms. The van der Waals surface area contributed by atoms with Crippen LogP contribution in [0.3, 0.4) is 0 Å². The molecule has 3 aromatic rings. The highest BCUT2D eigenvalue weighted by Gasteiger charge is 2.25. The summed E-state index contributed by atoms with van der Waals surface area (Å²) in [5.41, 5.74) is 0.922. The number of benzene rings is 1. The number of halogens is 1. The van der Waals surface area contributed by atoms with E-state index in [2.05, 4.69) is 21.8 Å². The molecule has 1 aliphatic rings. The average Bonchev–Trinajstić information content (AvgIpc) is 2.74. The van der Waals surface area contributed by atoms with Gasteiger partial charge in [0.2, 0.25) is 5.95 Å². The minimum Gasteiger partial charge on any atom is -0.341 e. The van der Waals surface area contributed by atoms with Gasteiger partial charge in [0.05, 0.1) is 11.0 Å². The van der Waals surface area contributed by atoms with Crippen molar-refractivity contribution < 1.29 is 4.39 Å². The molecule has 0 aliphatic carbocycles. The fourth-order valence-electron chi connectivity index (χ4n) is 4.05. The van der Waals surface area contributed by atoms with Gasteiger partial charge in [0, 0.05) is 38.6 Å². The Bertz CT molecular complexity index is 1140. The Balaban J connectivity index is 1.61. The summed E-state index contributed by atoms with van der Waals surface area (Å²) in [6, 6.07) is 4.07. The van der Waals surface area contributed by atoms with Crippen LogP contribution in [0.4, 0.5) is 10.3 Å². The first kappa shape index (κ1) is 19.3. The lowest BCUT2D eigenvalue weighted by Crippen LogP contribution is -2.45. The molecule has 3 heterocycles. The van der Waals surface area contributed by atoms with E-state index >= 15 is 0 Å². The lowest BCUT2D eigenvalue weighted by atomic mass is 10.0. The molecule has 1 aromatic carbocycles. The van der Waals surface area contributed by atoms with Crippen LogP contribution in [0.1, 0.15) is 37.8 Å². The van der Waals surface area contributed by atoms with Crippen LogP contribution >= 0.6 is 0 Å². The van der Waals surface area contributed by atoms with Gasteiger partial charge in [-0.25, -0.2) is 14.4 Å². The topological polar surface area (TPSA) is 73.0 Å². The van der Waals surface area contributed by atoms with Crippen LogP contribution in [0.15, 0.2) is 40.2 Å². The van der Waals surface area contributed by atoms with Crippen LogP contribution in [0.5, 0.6) is 0 Å². The van der Waals surface area contributed by atoms with Gasteiger partial charge in [0.1, 0.15) is 5.82 Å². The van der Waals surface area contributed by atoms with E-state index in [0.717, 1.165) is 18.4 Å². The van der Waals surface area contributed by atoms with Crippen molar-refractivity contribution in [1.82, 2.24) is 19.1 Å². The van der Waals surface area contributed by atoms with E-state index in [-0.39, 0.29) is 6.04 Å². The van der Waals surface area contributed by atoms with E-state index in [1.165, 1.54) is 23.7 Å². The second-order valence-electron chi connectivity index (χ2n) is 7.53. The molecule has 7 nitrogen and oxygen atoms in total. The molecule has 2 aromatic heterocycles. The quantitative estimate of drug-likeness (QED) is 0.632. The molecule has 0 bridgehead atoms. The molecular weight excluding hydrogens is 373 g/mol. The predicted molar refractivity (Wildman–Crippen MR) is 110 cm³/mol. The fourth-order valence-corrected chi connectivity index (χ4v) is 4.05. The van der Waals surface area contributed by atoms with Gasteiger partial charge in [0.25, 0.3) is 0 Å². The highest BCUT2D eigenvalue weighted by atomic mass is 19.1. The molecule has 0 N–H and O–H groups in total. The second kappa shape index (κ2) is 7.77. The maximum Gasteiger partial charge on any atom is 0.317 e. The van der Waals surface area contributed by atoms with E-state index in [1.54, 1.807) is 10.6 Å². The zero-order chi connectivity index (χ0) is 20.5. The summed E-state index contributed by atoms with van der Waals surface area (Å²) in [6.07, 6.45) is 7.11. The number of rotatable bonds is 4. The third-order valence-corrected chi connectivity index (χ3v) is 5.61. The summed E-state index contributed by atoms with van der Waals surface area (Å²) < 4.78 is 16.5. The van der Waals surface area contributed by atoms with Gasteiger partial charge < -0.3 is 9.47 Å². The SMILES string of the molecule is CCCc1cnc(N2CCC(n3c(=O)c(=O)n(C)c4cc(F)ccc43)CC2)nc1. The van der Waals surface area contributed by atoms with Crippen LogP contribution in [0, 0.1) is 5.82 Å². The summed E-state index contributed by atoms with van der Waals surface area (Å²) >= 11 is 0. The van der Waals surface area contributed by atoms with E-state index < -0.39 is 16.9 Å². The van der Waals surface area contributed by atoms with Gasteiger partial charge >= 0.3 is 11.1 Å². The number of aryl methyl sites for hydroxylation is 2. The van der Waals surface area contributed by atoms with Crippen molar-refractivity contribution in [3.63, 3.8) is 0 Å². The van der Waals surface area contributed by atoms with Crippen molar-refractivity contribution >= 4 is 17.0 Å². The number of fused-ring (bicyclic) bond motifs is 1. The Labute approximate surface area is 167 Å². The van der Waals surface area contributed by atoms with Gasteiger partial charge in [-0.3, -0.25) is 14.2 Å². The van der Waals surface area contributed by atoms with Gasteiger partial charge in [-0.1, -0.05) is 13.3 Å². The van der Waals surface area contributed by atoms with E-state index in [9.17, 15) is 14.0 Å². The standard InChI is InChI=1S/C21H24FN5O2/c1-3-4-14-12-23-21(24-13-14)26-9-7-16(8-10-26)27-17-6-5-15(22)11-18(17)25(2)19(28)20(27)29/h5-6,11-13,16H,3-4,7-10H2,1-2H3. The lowest BCUT2D eigenvalue weighted by molar-refractivity contribution is 0.391. The minimum absolute atomic E-state index is 0.125. The van der Waals surface area contributed by atoms with Crippen LogP contribution in [-0.2, 0) is 13.5 Å². The molecule has 0 amide bonds. The zero-order valence-corrected chi connectivity index (χ0v) is 16.6. The van der Waals surface area contributed by atoms with Gasteiger partial charge in [-0.05, 0) is 43.0 Å². The summed E-state index contributed by atoms with van der Waals surface area (Å²) in [4.78, 5) is 36.2. The van der Waals surface area contributed by atoms with Crippen molar-refractivity contribution in [1.29, 1.82) is 0 Å². The Hall–Kier alpha value is -3.03. The van der Waals surface area contributed by atoms with Gasteiger partial charge in [-0.2, -0.15) is 0 Å². The molecule has 0 spiro atoms. The molecule has 1 saturated heterocycles. The Kier molecular flexibility index (Phi) is 5.17. The maximum absolute atomic E-state index is 13.7. The third-order valence-electron chi connectivity index (χ3n) is 5.61. The highest BCUT2D eigenvalue weighted by molar-refractivity contribution is 5.75. The molecule has 0 saturated carbocycles. The molecule has 8 heteroatoms. The molecule has 4 rings (SSSR count). The Morgan fingerprint density at radius 3 is 2.41 bits per heavy atom. The van der Waals surface area contributed by atoms with Crippen LogP contribution in [-0.4, -0.2) is 32.2 Å². The Morgan fingerprint density at radius 2 is 1.76 bits per heavy atom. The number of anilines is 1. The van der Waals surface area contributed by atoms with Crippen LogP contribution in [0.25, 0.3) is 11.0 Å². The number of nitrogens with zero attached hydrogens (tertiary/aromatic N) is 5. The zero-order valence-electron chi connectivity index (χ0n) is 16.6. The summed E-state index contributed by atoms with van der Waals surface area (Å²) in [5.74, 6) is 0.253. The van der Waals surface area contributed by atoms with E-state index in [0.29, 0.717) is 42.9 Å². The predicted octanol–water partition coefficient (Wildman–Crippen LogP) is 2.42. The van der Waals surface area contributed by atoms with E-state index in [4.69, 9.17) is 0 Å². The average molecular weight is 397 g/mol. The van der Waals surface area contributed by atoms with Crippen LogP contribution in [0.2, 0.25) is 0 Å². The van der Waals surface area contributed by atoms with Crippen molar-refractivity contribution in [2.24, 2.45) is 7.05 Å². The molecular formula is C21H24FN5O2. The first-order valence-corrected chi connectivity index (χ1v) is 9.96. The first-order valence-electron chi connectivity index (χ1n) is 9.96. The summed E-state index contributed by atoms with van der Waals surface area (Å²) in [6.45, 7) is 3.49. The summed E-state index contributed by atoms with van der Waals surface area (Å²) in [5, 5.41) is 0. The normalized spacial score (nSPS) is 15.2. The van der Waals surface area contributed by atoms with Crippen molar-refractivity contribution in [3.8, 4) is 0 Å². The number of piperidine rings is 1. The van der Waals surface area contributed by atoms with Gasteiger partial charge in [-0.15, -0.1) is 0 Å². The molecule has 1 fully saturated rings. The van der Waals surface area contributed by atoms with Crippen molar-refractivity contribution in [2.75, 3.05) is 18.0 Å². The fraction of sp³-hybridized carbons (Fsp3) is 0.429. The molecule has 0 atom stereocenters. The number of hydrogen-bond donors (Lipinski definition) is 0. The first-order chi connectivity index (χ1) is 14.0. The molecule has 1 aliphatic heterocycles. The number of aromatic nitrogens is 4. The monoisotopic (exact) mass is 397 g/mol. The minimum atomic E-state index is -0.639. The second-order valence-corrected chi connectivity index (χ2v) is 7.53. The highest BCUT2D eigenvalue weighted by Crippen LogP contribution is 2.26. The van der Waals surface area contributed by atoms with Crippen molar-refractivity contribution in [2.45, 2.75) is 38.6 Å². The van der Waals surface area contributed by atoms with Gasteiger partial charge in [0.15, 0.2) is 0 Å². The summed E-state index contributed by atoms with van der Waals surface area (Å²) in [7, 11) is 1.50. The van der Waals surface area contributed by atoms with Crippen molar-refractivity contribution in [3.05, 3.63) is 62.7 Å². The molecule has 152 valence electrons. The Morgan fingerprint density at radius 1 is 1.07 bits per heavy atom. The molecule has 0 unspecified atom stereocenters. The lowest BCUT2D eigenvalue weighted by Gasteiger charge is -2.33. The molecule has 0 radical (unpaired) electrons. The third kappa shape index (κ3) is 3.54. The largest absolute Gasteiger partial charge is 0.341 e. The number of hydrogen-bond acceptors (Lipinski definition) is 5.